The van der Waals surface area contributed by atoms with Crippen LogP contribution in [0.2, 0.25) is 0 Å². The molecule has 1 N–H and O–H groups in total. The average molecular weight is 347 g/mol. The molecular weight excluding hydrogens is 324 g/mol. The zero-order valence-electron chi connectivity index (χ0n) is 13.9. The van der Waals surface area contributed by atoms with Gasteiger partial charge in [-0.05, 0) is 43.2 Å². The molecule has 0 amide bonds. The van der Waals surface area contributed by atoms with Crippen LogP contribution in [0, 0.1) is 5.92 Å². The summed E-state index contributed by atoms with van der Waals surface area (Å²) >= 11 is 6.75. The van der Waals surface area contributed by atoms with Crippen LogP contribution in [0.4, 0.5) is 0 Å². The van der Waals surface area contributed by atoms with Crippen LogP contribution in [0.5, 0.6) is 0 Å². The van der Waals surface area contributed by atoms with E-state index in [9.17, 15) is 4.79 Å². The van der Waals surface area contributed by atoms with Gasteiger partial charge in [-0.15, -0.1) is 11.6 Å². The molecule has 2 aromatic rings. The summed E-state index contributed by atoms with van der Waals surface area (Å²) in [7, 11) is 1.44. The first-order valence-electron chi connectivity index (χ1n) is 8.68. The van der Waals surface area contributed by atoms with E-state index < -0.39 is 4.87 Å². The van der Waals surface area contributed by atoms with Crippen molar-refractivity contribution in [3.05, 3.63) is 36.0 Å². The number of halogens is 1. The summed E-state index contributed by atoms with van der Waals surface area (Å²) in [5, 5.41) is 1.28. The number of aromatic amines is 1. The number of carbonyl (C=O) groups is 1. The number of piperidine rings is 2. The largest absolute Gasteiger partial charge is 0.468 e. The third-order valence-electron chi connectivity index (χ3n) is 5.76. The zero-order chi connectivity index (χ0) is 16.7. The number of nitrogens with zero attached hydrogens (tertiary/aromatic N) is 1. The van der Waals surface area contributed by atoms with Gasteiger partial charge in [0, 0.05) is 36.2 Å². The minimum atomic E-state index is -0.865. The minimum absolute atomic E-state index is 0.0850. The van der Waals surface area contributed by atoms with Crippen LogP contribution in [-0.2, 0) is 16.0 Å². The number of benzene rings is 1. The normalized spacial score (nSPS) is 29.9. The van der Waals surface area contributed by atoms with Crippen LogP contribution < -0.4 is 0 Å². The predicted molar refractivity (Wildman–Crippen MR) is 95.3 cm³/mol. The Balaban J connectivity index is 1.51. The number of methoxy groups -OCH3 is 1. The summed E-state index contributed by atoms with van der Waals surface area (Å²) in [6.07, 6.45) is 5.95. The molecular formula is C19H23ClN2O2. The quantitative estimate of drug-likeness (QED) is 0.682. The number of alkyl halides is 1. The standard InChI is InChI=1S/C19H23ClN2O2/c1-24-18(23)19(20)10-13-6-7-17(19)22(12-13)9-8-14-11-21-16-5-3-2-4-15(14)16/h2-5,11,13,17,21H,6-10,12H2,1H3. The molecule has 3 heterocycles. The van der Waals surface area contributed by atoms with E-state index in [1.54, 1.807) is 0 Å². The third-order valence-corrected chi connectivity index (χ3v) is 6.32. The van der Waals surface area contributed by atoms with Gasteiger partial charge >= 0.3 is 5.97 Å². The summed E-state index contributed by atoms with van der Waals surface area (Å²) in [6.45, 7) is 1.97. The molecule has 24 heavy (non-hydrogen) atoms. The van der Waals surface area contributed by atoms with E-state index in [-0.39, 0.29) is 12.0 Å². The predicted octanol–water partition coefficient (Wildman–Crippen LogP) is 3.35. The number of ether oxygens (including phenoxy) is 1. The number of nitrogens with one attached hydrogen (secondary N) is 1. The fraction of sp³-hybridized carbons (Fsp3) is 0.526. The number of hydrogen-bond acceptors (Lipinski definition) is 3. The molecule has 4 nitrogen and oxygen atoms in total. The van der Waals surface area contributed by atoms with Crippen molar-refractivity contribution >= 4 is 28.5 Å². The summed E-state index contributed by atoms with van der Waals surface area (Å²) in [4.78, 5) is 17.1. The van der Waals surface area contributed by atoms with E-state index in [0.717, 1.165) is 32.4 Å². The average Bonchev–Trinajstić information content (AvgIpc) is 3.02. The second-order valence-electron chi connectivity index (χ2n) is 7.12. The van der Waals surface area contributed by atoms with Crippen molar-refractivity contribution in [2.24, 2.45) is 5.92 Å². The topological polar surface area (TPSA) is 45.3 Å². The SMILES string of the molecule is COC(=O)C1(Cl)CC2CCC1N(CCc1c[nH]c3ccccc13)C2. The maximum absolute atomic E-state index is 12.2. The number of esters is 1. The van der Waals surface area contributed by atoms with Gasteiger partial charge in [-0.1, -0.05) is 18.2 Å². The first-order chi connectivity index (χ1) is 11.6. The zero-order valence-corrected chi connectivity index (χ0v) is 14.7. The van der Waals surface area contributed by atoms with Crippen molar-refractivity contribution in [1.29, 1.82) is 0 Å². The molecule has 0 spiro atoms. The molecule has 1 aromatic heterocycles. The number of fused-ring (bicyclic) bond motifs is 4. The molecule has 5 rings (SSSR count). The lowest BCUT2D eigenvalue weighted by Crippen LogP contribution is -2.64. The van der Waals surface area contributed by atoms with Crippen molar-refractivity contribution < 1.29 is 9.53 Å². The van der Waals surface area contributed by atoms with Crippen LogP contribution in [0.15, 0.2) is 30.5 Å². The molecule has 2 bridgehead atoms. The van der Waals surface area contributed by atoms with E-state index in [1.165, 1.54) is 30.0 Å². The monoisotopic (exact) mass is 346 g/mol. The van der Waals surface area contributed by atoms with Gasteiger partial charge in [0.15, 0.2) is 4.87 Å². The molecule has 128 valence electrons. The molecule has 1 saturated carbocycles. The molecule has 3 atom stereocenters. The number of carbonyl (C=O) groups excluding carboxylic acids is 1. The Morgan fingerprint density at radius 1 is 1.42 bits per heavy atom. The van der Waals surface area contributed by atoms with Gasteiger partial charge in [0.2, 0.25) is 0 Å². The molecule has 5 heteroatoms. The second kappa shape index (κ2) is 6.08. The number of rotatable bonds is 4. The Morgan fingerprint density at radius 2 is 2.25 bits per heavy atom. The molecule has 3 aliphatic rings. The lowest BCUT2D eigenvalue weighted by molar-refractivity contribution is -0.150. The highest BCUT2D eigenvalue weighted by Gasteiger charge is 2.55. The first-order valence-corrected chi connectivity index (χ1v) is 9.06. The number of hydrogen-bond donors (Lipinski definition) is 1. The maximum Gasteiger partial charge on any atom is 0.328 e. The van der Waals surface area contributed by atoms with E-state index in [0.29, 0.717) is 5.92 Å². The summed E-state index contributed by atoms with van der Waals surface area (Å²) < 4.78 is 5.00. The van der Waals surface area contributed by atoms with Crippen LogP contribution in [0.1, 0.15) is 24.8 Å². The Bertz CT molecular complexity index is 759. The van der Waals surface area contributed by atoms with E-state index >= 15 is 0 Å². The Morgan fingerprint density at radius 3 is 3.04 bits per heavy atom. The van der Waals surface area contributed by atoms with Crippen LogP contribution in [-0.4, -0.2) is 47.0 Å². The van der Waals surface area contributed by atoms with Gasteiger partial charge in [-0.2, -0.15) is 0 Å². The van der Waals surface area contributed by atoms with Crippen molar-refractivity contribution in [2.75, 3.05) is 20.2 Å². The summed E-state index contributed by atoms with van der Waals surface area (Å²) in [5.74, 6) is 0.227. The molecule has 1 aliphatic carbocycles. The van der Waals surface area contributed by atoms with Crippen molar-refractivity contribution in [1.82, 2.24) is 9.88 Å². The summed E-state index contributed by atoms with van der Waals surface area (Å²) in [6, 6.07) is 8.46. The van der Waals surface area contributed by atoms with E-state index in [2.05, 4.69) is 34.3 Å². The molecule has 2 aliphatic heterocycles. The number of H-pyrrole nitrogens is 1. The smallest absolute Gasteiger partial charge is 0.328 e. The molecule has 3 fully saturated rings. The van der Waals surface area contributed by atoms with Crippen LogP contribution >= 0.6 is 11.6 Å². The molecule has 3 unspecified atom stereocenters. The van der Waals surface area contributed by atoms with E-state index in [4.69, 9.17) is 16.3 Å². The summed E-state index contributed by atoms with van der Waals surface area (Å²) in [5.41, 5.74) is 2.50. The van der Waals surface area contributed by atoms with Gasteiger partial charge in [-0.25, -0.2) is 0 Å². The highest BCUT2D eigenvalue weighted by atomic mass is 35.5. The fourth-order valence-electron chi connectivity index (χ4n) is 4.61. The van der Waals surface area contributed by atoms with Gasteiger partial charge < -0.3 is 9.72 Å². The van der Waals surface area contributed by atoms with Gasteiger partial charge in [0.1, 0.15) is 0 Å². The van der Waals surface area contributed by atoms with Crippen molar-refractivity contribution in [2.45, 2.75) is 36.6 Å². The third kappa shape index (κ3) is 2.52. The lowest BCUT2D eigenvalue weighted by Gasteiger charge is -2.52. The Kier molecular flexibility index (Phi) is 4.05. The lowest BCUT2D eigenvalue weighted by atomic mass is 9.72. The minimum Gasteiger partial charge on any atom is -0.468 e. The van der Waals surface area contributed by atoms with Gasteiger partial charge in [-0.3, -0.25) is 9.69 Å². The van der Waals surface area contributed by atoms with Crippen LogP contribution in [0.25, 0.3) is 10.9 Å². The van der Waals surface area contributed by atoms with Crippen molar-refractivity contribution in [3.63, 3.8) is 0 Å². The van der Waals surface area contributed by atoms with E-state index in [1.807, 2.05) is 6.07 Å². The molecule has 0 radical (unpaired) electrons. The van der Waals surface area contributed by atoms with Crippen LogP contribution in [0.3, 0.4) is 0 Å². The molecule has 2 saturated heterocycles. The number of aromatic nitrogens is 1. The number of para-hydroxylation sites is 1. The Hall–Kier alpha value is -1.52. The second-order valence-corrected chi connectivity index (χ2v) is 7.80. The van der Waals surface area contributed by atoms with Gasteiger partial charge in [0.25, 0.3) is 0 Å². The highest BCUT2D eigenvalue weighted by molar-refractivity contribution is 6.34. The fourth-order valence-corrected chi connectivity index (χ4v) is 5.15. The molecule has 1 aromatic carbocycles. The highest BCUT2D eigenvalue weighted by Crippen LogP contribution is 2.46. The maximum atomic E-state index is 12.2. The Labute approximate surface area is 147 Å². The van der Waals surface area contributed by atoms with Crippen molar-refractivity contribution in [3.8, 4) is 0 Å². The first kappa shape index (κ1) is 16.0. The van der Waals surface area contributed by atoms with Gasteiger partial charge in [0.05, 0.1) is 7.11 Å².